The smallest absolute Gasteiger partial charge is 0.374 e. The molecule has 84 valence electrons. The number of esters is 1. The highest BCUT2D eigenvalue weighted by molar-refractivity contribution is 9.10. The van der Waals surface area contributed by atoms with Crippen molar-refractivity contribution in [3.8, 4) is 0 Å². The molecular formula is C10H9BrN2O3. The predicted molar refractivity (Wildman–Crippen MR) is 60.5 cm³/mol. The highest BCUT2D eigenvalue weighted by Gasteiger charge is 2.21. The summed E-state index contributed by atoms with van der Waals surface area (Å²) < 4.78 is 10.6. The van der Waals surface area contributed by atoms with Crippen LogP contribution in [0, 0.1) is 0 Å². The summed E-state index contributed by atoms with van der Waals surface area (Å²) in [4.78, 5) is 17.1. The van der Waals surface area contributed by atoms with Crippen LogP contribution >= 0.6 is 15.9 Å². The summed E-state index contributed by atoms with van der Waals surface area (Å²) >= 11 is 3.30. The summed E-state index contributed by atoms with van der Waals surface area (Å²) in [6, 6.07) is 3.69. The van der Waals surface area contributed by atoms with Crippen molar-refractivity contribution in [3.63, 3.8) is 0 Å². The van der Waals surface area contributed by atoms with Gasteiger partial charge in [0.05, 0.1) is 13.3 Å². The molecule has 2 rings (SSSR count). The molecule has 0 saturated heterocycles. The number of pyridine rings is 1. The van der Waals surface area contributed by atoms with Crippen molar-refractivity contribution in [2.75, 3.05) is 18.7 Å². The number of nitrogens with zero attached hydrogens (tertiary/aromatic N) is 2. The van der Waals surface area contributed by atoms with Crippen LogP contribution < -0.4 is 4.90 Å². The fourth-order valence-electron chi connectivity index (χ4n) is 1.24. The standard InChI is InChI=1S/C10H9BrN2O3/c1-15-10(14)8-5-13(6-16-8)9-3-2-7(11)4-12-9/h2-5H,6H2,1H3. The Labute approximate surface area is 101 Å². The van der Waals surface area contributed by atoms with E-state index < -0.39 is 5.97 Å². The van der Waals surface area contributed by atoms with Crippen LogP contribution in [0.3, 0.4) is 0 Å². The number of methoxy groups -OCH3 is 1. The minimum absolute atomic E-state index is 0.187. The number of ether oxygens (including phenoxy) is 2. The third kappa shape index (κ3) is 2.16. The van der Waals surface area contributed by atoms with E-state index in [4.69, 9.17) is 4.74 Å². The molecule has 0 bridgehead atoms. The average Bonchev–Trinajstić information content (AvgIpc) is 2.78. The largest absolute Gasteiger partial charge is 0.464 e. The van der Waals surface area contributed by atoms with E-state index in [1.807, 2.05) is 12.1 Å². The van der Waals surface area contributed by atoms with Crippen LogP contribution in [0.4, 0.5) is 5.82 Å². The number of anilines is 1. The van der Waals surface area contributed by atoms with Gasteiger partial charge in [-0.1, -0.05) is 0 Å². The average molecular weight is 285 g/mol. The molecule has 0 spiro atoms. The fourth-order valence-corrected chi connectivity index (χ4v) is 1.47. The molecule has 0 unspecified atom stereocenters. The van der Waals surface area contributed by atoms with Crippen LogP contribution in [0.2, 0.25) is 0 Å². The zero-order valence-corrected chi connectivity index (χ0v) is 10.1. The van der Waals surface area contributed by atoms with Crippen molar-refractivity contribution in [2.24, 2.45) is 0 Å². The molecule has 1 aliphatic rings. The lowest BCUT2D eigenvalue weighted by molar-refractivity contribution is -0.139. The van der Waals surface area contributed by atoms with Gasteiger partial charge in [-0.15, -0.1) is 0 Å². The van der Waals surface area contributed by atoms with Gasteiger partial charge in [-0.3, -0.25) is 4.90 Å². The number of rotatable bonds is 2. The Bertz CT molecular complexity index is 430. The Hall–Kier alpha value is -1.56. The molecule has 0 atom stereocenters. The van der Waals surface area contributed by atoms with Crippen LogP contribution in [-0.2, 0) is 14.3 Å². The van der Waals surface area contributed by atoms with Crippen molar-refractivity contribution in [3.05, 3.63) is 34.8 Å². The summed E-state index contributed by atoms with van der Waals surface area (Å²) in [5, 5.41) is 0. The van der Waals surface area contributed by atoms with Crippen LogP contribution in [0.5, 0.6) is 0 Å². The first-order valence-corrected chi connectivity index (χ1v) is 5.31. The van der Waals surface area contributed by atoms with E-state index >= 15 is 0 Å². The number of halogens is 1. The zero-order chi connectivity index (χ0) is 11.5. The molecule has 5 nitrogen and oxygen atoms in total. The van der Waals surface area contributed by atoms with Gasteiger partial charge >= 0.3 is 5.97 Å². The molecule has 0 amide bonds. The van der Waals surface area contributed by atoms with Crippen LogP contribution in [0.25, 0.3) is 0 Å². The summed E-state index contributed by atoms with van der Waals surface area (Å²) in [5.41, 5.74) is 0. The maximum Gasteiger partial charge on any atom is 0.374 e. The van der Waals surface area contributed by atoms with Crippen molar-refractivity contribution in [1.82, 2.24) is 4.98 Å². The van der Waals surface area contributed by atoms with Gasteiger partial charge in [0.25, 0.3) is 0 Å². The second kappa shape index (κ2) is 4.52. The molecule has 1 aromatic heterocycles. The number of hydrogen-bond acceptors (Lipinski definition) is 5. The van der Waals surface area contributed by atoms with Gasteiger partial charge in [-0.05, 0) is 28.1 Å². The fraction of sp³-hybridized carbons (Fsp3) is 0.200. The van der Waals surface area contributed by atoms with E-state index in [0.29, 0.717) is 5.82 Å². The number of aromatic nitrogens is 1. The second-order valence-corrected chi connectivity index (χ2v) is 3.98. The quantitative estimate of drug-likeness (QED) is 0.773. The predicted octanol–water partition coefficient (Wildman–Crippen LogP) is 1.65. The first-order chi connectivity index (χ1) is 7.70. The maximum atomic E-state index is 11.2. The molecule has 0 saturated carbocycles. The third-order valence-corrected chi connectivity index (χ3v) is 2.49. The lowest BCUT2D eigenvalue weighted by Gasteiger charge is -2.11. The first kappa shape index (κ1) is 10.9. The molecule has 1 aliphatic heterocycles. The number of hydrogen-bond donors (Lipinski definition) is 0. The Morgan fingerprint density at radius 1 is 1.62 bits per heavy atom. The second-order valence-electron chi connectivity index (χ2n) is 3.06. The topological polar surface area (TPSA) is 51.7 Å². The SMILES string of the molecule is COC(=O)C1=CN(c2ccc(Br)cn2)CO1. The molecule has 0 aromatic carbocycles. The van der Waals surface area contributed by atoms with Gasteiger partial charge in [-0.25, -0.2) is 9.78 Å². The highest BCUT2D eigenvalue weighted by atomic mass is 79.9. The highest BCUT2D eigenvalue weighted by Crippen LogP contribution is 2.20. The molecule has 6 heteroatoms. The van der Waals surface area contributed by atoms with Crippen LogP contribution in [0.1, 0.15) is 0 Å². The van der Waals surface area contributed by atoms with E-state index in [2.05, 4.69) is 25.7 Å². The monoisotopic (exact) mass is 284 g/mol. The first-order valence-electron chi connectivity index (χ1n) is 4.52. The normalized spacial score (nSPS) is 14.4. The Morgan fingerprint density at radius 3 is 3.06 bits per heavy atom. The van der Waals surface area contributed by atoms with E-state index in [0.717, 1.165) is 4.47 Å². The maximum absolute atomic E-state index is 11.2. The van der Waals surface area contributed by atoms with Crippen molar-refractivity contribution < 1.29 is 14.3 Å². The van der Waals surface area contributed by atoms with Gasteiger partial charge in [0.2, 0.25) is 5.76 Å². The lowest BCUT2D eigenvalue weighted by atomic mass is 10.4. The number of carbonyl (C=O) groups excluding carboxylic acids is 1. The molecule has 0 fully saturated rings. The van der Waals surface area contributed by atoms with Gasteiger partial charge in [-0.2, -0.15) is 0 Å². The Balaban J connectivity index is 2.16. The van der Waals surface area contributed by atoms with Gasteiger partial charge in [0.15, 0.2) is 6.73 Å². The van der Waals surface area contributed by atoms with Crippen molar-refractivity contribution in [1.29, 1.82) is 0 Å². The minimum Gasteiger partial charge on any atom is -0.464 e. The van der Waals surface area contributed by atoms with Gasteiger partial charge in [0, 0.05) is 10.7 Å². The Kier molecular flexibility index (Phi) is 3.09. The molecule has 2 heterocycles. The van der Waals surface area contributed by atoms with E-state index in [-0.39, 0.29) is 12.5 Å². The van der Waals surface area contributed by atoms with Crippen molar-refractivity contribution in [2.45, 2.75) is 0 Å². The van der Waals surface area contributed by atoms with Crippen LogP contribution in [-0.4, -0.2) is 24.8 Å². The minimum atomic E-state index is -0.486. The molecular weight excluding hydrogens is 276 g/mol. The molecule has 0 radical (unpaired) electrons. The van der Waals surface area contributed by atoms with Gasteiger partial charge in [0.1, 0.15) is 5.82 Å². The molecule has 0 aliphatic carbocycles. The lowest BCUT2D eigenvalue weighted by Crippen LogP contribution is -2.14. The molecule has 1 aromatic rings. The van der Waals surface area contributed by atoms with Crippen LogP contribution in [0.15, 0.2) is 34.8 Å². The molecule has 16 heavy (non-hydrogen) atoms. The summed E-state index contributed by atoms with van der Waals surface area (Å²) in [5.74, 6) is 0.411. The summed E-state index contributed by atoms with van der Waals surface area (Å²) in [6.45, 7) is 0.263. The number of carbonyl (C=O) groups is 1. The molecule has 0 N–H and O–H groups in total. The van der Waals surface area contributed by atoms with E-state index in [1.165, 1.54) is 7.11 Å². The Morgan fingerprint density at radius 2 is 2.44 bits per heavy atom. The van der Waals surface area contributed by atoms with Gasteiger partial charge < -0.3 is 9.47 Å². The van der Waals surface area contributed by atoms with Crippen molar-refractivity contribution >= 4 is 27.7 Å². The van der Waals surface area contributed by atoms with E-state index in [9.17, 15) is 4.79 Å². The zero-order valence-electron chi connectivity index (χ0n) is 8.51. The third-order valence-electron chi connectivity index (χ3n) is 2.02. The summed E-state index contributed by atoms with van der Waals surface area (Å²) in [7, 11) is 1.31. The summed E-state index contributed by atoms with van der Waals surface area (Å²) in [6.07, 6.45) is 3.25. The van der Waals surface area contributed by atoms with E-state index in [1.54, 1.807) is 17.3 Å².